The second-order valence-corrected chi connectivity index (χ2v) is 9.67. The van der Waals surface area contributed by atoms with E-state index in [1.165, 1.54) is 28.6 Å². The van der Waals surface area contributed by atoms with Gasteiger partial charge in [-0.05, 0) is 42.1 Å². The van der Waals surface area contributed by atoms with Crippen molar-refractivity contribution in [2.75, 3.05) is 12.4 Å². The molecule has 206 valence electrons. The zero-order valence-electron chi connectivity index (χ0n) is 21.8. The topological polar surface area (TPSA) is 96.0 Å². The number of alkyl halides is 2. The molecule has 1 amide bonds. The van der Waals surface area contributed by atoms with Gasteiger partial charge in [-0.25, -0.2) is 13.5 Å². The maximum atomic E-state index is 13.4. The van der Waals surface area contributed by atoms with Gasteiger partial charge in [0.1, 0.15) is 17.5 Å². The highest BCUT2D eigenvalue weighted by atomic mass is 35.5. The van der Waals surface area contributed by atoms with Gasteiger partial charge in [0.2, 0.25) is 5.91 Å². The van der Waals surface area contributed by atoms with Crippen LogP contribution >= 0.6 is 11.6 Å². The number of anilines is 1. The molecule has 0 aliphatic rings. The Kier molecular flexibility index (Phi) is 7.40. The van der Waals surface area contributed by atoms with Crippen LogP contribution in [-0.4, -0.2) is 37.1 Å². The average molecular weight is 567 g/mol. The first-order valence-corrected chi connectivity index (χ1v) is 12.7. The second kappa shape index (κ2) is 10.9. The molecule has 0 saturated heterocycles. The van der Waals surface area contributed by atoms with Crippen molar-refractivity contribution in [1.82, 2.24) is 24.1 Å². The Labute approximate surface area is 232 Å². The molecule has 0 radical (unpaired) electrons. The van der Waals surface area contributed by atoms with E-state index in [9.17, 15) is 18.4 Å². The zero-order valence-corrected chi connectivity index (χ0v) is 22.6. The lowest BCUT2D eigenvalue weighted by atomic mass is 10.0. The quantitative estimate of drug-likeness (QED) is 0.257. The molecule has 3 heterocycles. The molecule has 0 spiro atoms. The Morgan fingerprint density at radius 1 is 1.05 bits per heavy atom. The number of nitrogens with zero attached hydrogens (tertiary/aromatic N) is 5. The predicted molar refractivity (Wildman–Crippen MR) is 148 cm³/mol. The van der Waals surface area contributed by atoms with Crippen molar-refractivity contribution in [3.63, 3.8) is 0 Å². The molecule has 0 aliphatic carbocycles. The number of nitrogens with one attached hydrogen (secondary N) is 1. The molecule has 1 N–H and O–H groups in total. The summed E-state index contributed by atoms with van der Waals surface area (Å²) in [6, 6.07) is 10.8. The van der Waals surface area contributed by atoms with Gasteiger partial charge in [0, 0.05) is 52.7 Å². The van der Waals surface area contributed by atoms with Gasteiger partial charge in [-0.3, -0.25) is 14.2 Å². The Bertz CT molecular complexity index is 1780. The number of carbonyl (C=O) groups is 1. The van der Waals surface area contributed by atoms with Crippen molar-refractivity contribution in [3.8, 4) is 22.6 Å². The van der Waals surface area contributed by atoms with Gasteiger partial charge in [-0.1, -0.05) is 29.8 Å². The number of hydrogen-bond acceptors (Lipinski definition) is 5. The highest BCUT2D eigenvalue weighted by molar-refractivity contribution is 6.31. The summed E-state index contributed by atoms with van der Waals surface area (Å²) in [5.74, 6) is -0.0884. The first-order chi connectivity index (χ1) is 19.2. The van der Waals surface area contributed by atoms with E-state index in [4.69, 9.17) is 16.3 Å². The average Bonchev–Trinajstić information content (AvgIpc) is 3.56. The molecule has 40 heavy (non-hydrogen) atoms. The number of carbonyl (C=O) groups excluding carboxylic acids is 1. The Morgan fingerprint density at radius 3 is 2.52 bits per heavy atom. The van der Waals surface area contributed by atoms with Crippen LogP contribution in [0.25, 0.3) is 27.6 Å². The highest BCUT2D eigenvalue weighted by Crippen LogP contribution is 2.36. The molecular formula is C28H25ClF2N6O3. The van der Waals surface area contributed by atoms with Crippen LogP contribution in [-0.2, 0) is 11.8 Å². The van der Waals surface area contributed by atoms with Gasteiger partial charge in [0.05, 0.1) is 25.2 Å². The van der Waals surface area contributed by atoms with Crippen LogP contribution in [0.3, 0.4) is 0 Å². The molecule has 0 bridgehead atoms. The second-order valence-electron chi connectivity index (χ2n) is 9.23. The lowest BCUT2D eigenvalue weighted by molar-refractivity contribution is -0.119. The van der Waals surface area contributed by atoms with Crippen LogP contribution in [0.4, 0.5) is 14.5 Å². The van der Waals surface area contributed by atoms with Crippen molar-refractivity contribution >= 4 is 34.0 Å². The van der Waals surface area contributed by atoms with Gasteiger partial charge in [0.15, 0.2) is 0 Å². The maximum absolute atomic E-state index is 13.4. The van der Waals surface area contributed by atoms with Crippen molar-refractivity contribution in [2.45, 2.75) is 25.8 Å². The van der Waals surface area contributed by atoms with E-state index in [1.54, 1.807) is 25.1 Å². The van der Waals surface area contributed by atoms with Crippen LogP contribution in [0.5, 0.6) is 5.75 Å². The zero-order chi connectivity index (χ0) is 28.6. The molecule has 0 unspecified atom stereocenters. The summed E-state index contributed by atoms with van der Waals surface area (Å²) in [4.78, 5) is 26.7. The minimum atomic E-state index is -2.80. The minimum Gasteiger partial charge on any atom is -0.495 e. The third-order valence-electron chi connectivity index (χ3n) is 6.56. The summed E-state index contributed by atoms with van der Waals surface area (Å²) in [5, 5.41) is 12.6. The Morgan fingerprint density at radius 2 is 1.82 bits per heavy atom. The van der Waals surface area contributed by atoms with E-state index in [0.717, 1.165) is 17.0 Å². The van der Waals surface area contributed by atoms with Gasteiger partial charge < -0.3 is 14.6 Å². The molecule has 5 rings (SSSR count). The SMILES string of the molecule is CC[C@@H](C(=O)Nc1ccc2cn(C)cc2c1)n1cc(OC)c(-c2cc(Cl)ccc2-n2cc(C(F)F)nn2)cc1=O. The Hall–Kier alpha value is -4.51. The summed E-state index contributed by atoms with van der Waals surface area (Å²) in [6.45, 7) is 1.80. The lowest BCUT2D eigenvalue weighted by Gasteiger charge is -2.21. The van der Waals surface area contributed by atoms with Crippen molar-refractivity contribution in [1.29, 1.82) is 0 Å². The summed E-state index contributed by atoms with van der Waals surface area (Å²) < 4.78 is 36.3. The fourth-order valence-electron chi connectivity index (χ4n) is 4.66. The number of amides is 1. The molecule has 12 heteroatoms. The molecule has 5 aromatic rings. The van der Waals surface area contributed by atoms with Crippen LogP contribution < -0.4 is 15.6 Å². The summed E-state index contributed by atoms with van der Waals surface area (Å²) in [6.07, 6.45) is 4.04. The molecule has 3 aromatic heterocycles. The van der Waals surface area contributed by atoms with Crippen LogP contribution in [0.2, 0.25) is 5.02 Å². The highest BCUT2D eigenvalue weighted by Gasteiger charge is 2.24. The standard InChI is InChI=1S/C28H25ClF2N6O3/c1-4-23(28(39)32-19-7-5-16-12-35(2)13-17(16)9-19)36-15-25(40-3)21(11-26(36)38)20-10-18(29)6-8-24(20)37-14-22(27(30)31)33-34-37/h5-15,23,27H,4H2,1-3H3,(H,32,39)/t23-/m0/s1. The van der Waals surface area contributed by atoms with Crippen LogP contribution in [0, 0.1) is 0 Å². The summed E-state index contributed by atoms with van der Waals surface area (Å²) >= 11 is 6.26. The first-order valence-electron chi connectivity index (χ1n) is 12.4. The van der Waals surface area contributed by atoms with E-state index < -0.39 is 23.7 Å². The number of aryl methyl sites for hydroxylation is 1. The molecule has 0 saturated carbocycles. The fraction of sp³-hybridized carbons (Fsp3) is 0.214. The first kappa shape index (κ1) is 27.1. The van der Waals surface area contributed by atoms with E-state index in [2.05, 4.69) is 15.6 Å². The number of benzene rings is 2. The number of rotatable bonds is 8. The van der Waals surface area contributed by atoms with Crippen molar-refractivity contribution in [3.05, 3.63) is 88.3 Å². The van der Waals surface area contributed by atoms with Gasteiger partial charge in [0.25, 0.3) is 12.0 Å². The van der Waals surface area contributed by atoms with Crippen molar-refractivity contribution in [2.24, 2.45) is 7.05 Å². The number of aromatic nitrogens is 5. The van der Waals surface area contributed by atoms with E-state index in [1.807, 2.05) is 42.2 Å². The number of fused-ring (bicyclic) bond motifs is 1. The third kappa shape index (κ3) is 5.20. The molecule has 2 aromatic carbocycles. The minimum absolute atomic E-state index is 0.272. The van der Waals surface area contributed by atoms with Crippen LogP contribution in [0.15, 0.2) is 72.0 Å². The largest absolute Gasteiger partial charge is 0.495 e. The summed E-state index contributed by atoms with van der Waals surface area (Å²) in [7, 11) is 3.35. The smallest absolute Gasteiger partial charge is 0.283 e. The lowest BCUT2D eigenvalue weighted by Crippen LogP contribution is -2.32. The van der Waals surface area contributed by atoms with E-state index in [-0.39, 0.29) is 11.7 Å². The van der Waals surface area contributed by atoms with Crippen molar-refractivity contribution < 1.29 is 18.3 Å². The number of methoxy groups -OCH3 is 1. The maximum Gasteiger partial charge on any atom is 0.283 e. The fourth-order valence-corrected chi connectivity index (χ4v) is 4.83. The Balaban J connectivity index is 1.52. The summed E-state index contributed by atoms with van der Waals surface area (Å²) in [5.41, 5.74) is 0.771. The van der Waals surface area contributed by atoms with Gasteiger partial charge >= 0.3 is 0 Å². The molecule has 1 atom stereocenters. The number of halogens is 3. The third-order valence-corrected chi connectivity index (χ3v) is 6.79. The van der Waals surface area contributed by atoms with Crippen LogP contribution in [0.1, 0.15) is 31.5 Å². The molecule has 9 nitrogen and oxygen atoms in total. The molecular weight excluding hydrogens is 542 g/mol. The predicted octanol–water partition coefficient (Wildman–Crippen LogP) is 5.78. The van der Waals surface area contributed by atoms with Gasteiger partial charge in [-0.15, -0.1) is 5.10 Å². The van der Waals surface area contributed by atoms with E-state index >= 15 is 0 Å². The molecule has 0 fully saturated rings. The number of pyridine rings is 1. The van der Waals surface area contributed by atoms with E-state index in [0.29, 0.717) is 33.9 Å². The number of hydrogen-bond donors (Lipinski definition) is 1. The number of ether oxygens (including phenoxy) is 1. The molecule has 0 aliphatic heterocycles. The van der Waals surface area contributed by atoms with Gasteiger partial charge in [-0.2, -0.15) is 0 Å². The normalized spacial score (nSPS) is 12.2. The monoisotopic (exact) mass is 566 g/mol.